The number of furan rings is 1. The first kappa shape index (κ1) is 15.1. The van der Waals surface area contributed by atoms with Gasteiger partial charge in [-0.2, -0.15) is 5.26 Å². The molecule has 0 bridgehead atoms. The van der Waals surface area contributed by atoms with Crippen molar-refractivity contribution in [3.63, 3.8) is 0 Å². The number of nitrogens with one attached hydrogen (secondary N) is 1. The van der Waals surface area contributed by atoms with E-state index in [9.17, 15) is 10.1 Å². The number of amides is 1. The van der Waals surface area contributed by atoms with Gasteiger partial charge in [-0.1, -0.05) is 23.8 Å². The SMILES string of the molecule is Cc1ccc(C)c(-c2csc(NC(=O)c3ccco3)c2C#N)c1. The van der Waals surface area contributed by atoms with Crippen LogP contribution >= 0.6 is 11.3 Å². The topological polar surface area (TPSA) is 66.0 Å². The third-order valence-electron chi connectivity index (χ3n) is 3.56. The molecule has 1 amide bonds. The fourth-order valence-corrected chi connectivity index (χ4v) is 3.26. The molecule has 4 nitrogen and oxygen atoms in total. The van der Waals surface area contributed by atoms with Gasteiger partial charge in [0.15, 0.2) is 5.76 Å². The number of anilines is 1. The molecule has 0 aliphatic carbocycles. The van der Waals surface area contributed by atoms with Gasteiger partial charge >= 0.3 is 0 Å². The molecule has 0 radical (unpaired) electrons. The molecule has 0 saturated heterocycles. The van der Waals surface area contributed by atoms with E-state index in [1.54, 1.807) is 12.1 Å². The van der Waals surface area contributed by atoms with E-state index in [2.05, 4.69) is 17.5 Å². The van der Waals surface area contributed by atoms with E-state index in [1.165, 1.54) is 17.6 Å². The number of nitrogens with zero attached hydrogens (tertiary/aromatic N) is 1. The molecule has 3 rings (SSSR count). The van der Waals surface area contributed by atoms with Crippen LogP contribution in [0.1, 0.15) is 27.2 Å². The van der Waals surface area contributed by atoms with Crippen LogP contribution in [0.25, 0.3) is 11.1 Å². The molecule has 5 heteroatoms. The zero-order valence-corrected chi connectivity index (χ0v) is 13.5. The highest BCUT2D eigenvalue weighted by atomic mass is 32.1. The Balaban J connectivity index is 1.99. The van der Waals surface area contributed by atoms with Crippen LogP contribution in [0.2, 0.25) is 0 Å². The summed E-state index contributed by atoms with van der Waals surface area (Å²) in [6.07, 6.45) is 1.44. The molecule has 3 aromatic rings. The predicted molar refractivity (Wildman–Crippen MR) is 90.6 cm³/mol. The van der Waals surface area contributed by atoms with Crippen molar-refractivity contribution < 1.29 is 9.21 Å². The molecule has 0 atom stereocenters. The largest absolute Gasteiger partial charge is 0.459 e. The lowest BCUT2D eigenvalue weighted by Gasteiger charge is -2.06. The van der Waals surface area contributed by atoms with Gasteiger partial charge in [0.2, 0.25) is 0 Å². The summed E-state index contributed by atoms with van der Waals surface area (Å²) in [4.78, 5) is 12.1. The zero-order chi connectivity index (χ0) is 16.4. The first-order valence-corrected chi connectivity index (χ1v) is 7.92. The van der Waals surface area contributed by atoms with Gasteiger partial charge in [0.1, 0.15) is 11.1 Å². The van der Waals surface area contributed by atoms with Crippen molar-refractivity contribution in [1.29, 1.82) is 5.26 Å². The smallest absolute Gasteiger partial charge is 0.291 e. The molecule has 2 heterocycles. The molecule has 0 unspecified atom stereocenters. The Hall–Kier alpha value is -2.84. The van der Waals surface area contributed by atoms with Gasteiger partial charge in [-0.15, -0.1) is 11.3 Å². The number of benzene rings is 1. The van der Waals surface area contributed by atoms with Crippen LogP contribution in [0.15, 0.2) is 46.4 Å². The lowest BCUT2D eigenvalue weighted by molar-refractivity contribution is 0.0997. The summed E-state index contributed by atoms with van der Waals surface area (Å²) < 4.78 is 5.08. The molecule has 2 aromatic heterocycles. The second kappa shape index (κ2) is 6.11. The minimum Gasteiger partial charge on any atom is -0.459 e. The standard InChI is InChI=1S/C18H14N2O2S/c1-11-5-6-12(2)13(8-11)15-10-23-18(14(15)9-19)20-17(21)16-4-3-7-22-16/h3-8,10H,1-2H3,(H,20,21). The van der Waals surface area contributed by atoms with Crippen LogP contribution in [-0.4, -0.2) is 5.91 Å². The molecule has 114 valence electrons. The van der Waals surface area contributed by atoms with Crippen LogP contribution in [0.4, 0.5) is 5.00 Å². The maximum atomic E-state index is 12.1. The summed E-state index contributed by atoms with van der Waals surface area (Å²) in [6.45, 7) is 4.02. The van der Waals surface area contributed by atoms with E-state index < -0.39 is 0 Å². The Bertz CT molecular complexity index is 902. The van der Waals surface area contributed by atoms with Gasteiger partial charge in [0.25, 0.3) is 5.91 Å². The number of hydrogen-bond acceptors (Lipinski definition) is 4. The third kappa shape index (κ3) is 2.89. The highest BCUT2D eigenvalue weighted by molar-refractivity contribution is 7.15. The van der Waals surface area contributed by atoms with Gasteiger partial charge in [-0.25, -0.2) is 0 Å². The molecule has 1 aromatic carbocycles. The van der Waals surface area contributed by atoms with Crippen molar-refractivity contribution in [1.82, 2.24) is 0 Å². The summed E-state index contributed by atoms with van der Waals surface area (Å²) in [7, 11) is 0. The minimum absolute atomic E-state index is 0.218. The Kier molecular flexibility index (Phi) is 4.00. The summed E-state index contributed by atoms with van der Waals surface area (Å²) in [5, 5.41) is 14.7. The summed E-state index contributed by atoms with van der Waals surface area (Å²) in [5.74, 6) is -0.142. The molecule has 0 saturated carbocycles. The van der Waals surface area contributed by atoms with Crippen LogP contribution in [0.3, 0.4) is 0 Å². The second-order valence-corrected chi connectivity index (χ2v) is 6.09. The van der Waals surface area contributed by atoms with Crippen LogP contribution in [-0.2, 0) is 0 Å². The van der Waals surface area contributed by atoms with E-state index in [4.69, 9.17) is 4.42 Å². The Labute approximate surface area is 138 Å². The summed E-state index contributed by atoms with van der Waals surface area (Å²) >= 11 is 1.34. The van der Waals surface area contributed by atoms with Crippen molar-refractivity contribution in [3.05, 3.63) is 64.4 Å². The number of thiophene rings is 1. The van der Waals surface area contributed by atoms with Crippen LogP contribution in [0, 0.1) is 25.2 Å². The number of rotatable bonds is 3. The number of aryl methyl sites for hydroxylation is 2. The minimum atomic E-state index is -0.360. The lowest BCUT2D eigenvalue weighted by Crippen LogP contribution is -2.10. The molecule has 23 heavy (non-hydrogen) atoms. The molecule has 0 spiro atoms. The fourth-order valence-electron chi connectivity index (χ4n) is 2.36. The van der Waals surface area contributed by atoms with Crippen LogP contribution in [0.5, 0.6) is 0 Å². The van der Waals surface area contributed by atoms with Crippen molar-refractivity contribution >= 4 is 22.2 Å². The van der Waals surface area contributed by atoms with Gasteiger partial charge < -0.3 is 9.73 Å². The molecule has 0 aliphatic rings. The highest BCUT2D eigenvalue weighted by Crippen LogP contribution is 2.37. The fraction of sp³-hybridized carbons (Fsp3) is 0.111. The molecular weight excluding hydrogens is 308 g/mol. The van der Waals surface area contributed by atoms with Crippen molar-refractivity contribution in [2.75, 3.05) is 5.32 Å². The average Bonchev–Trinajstić information content (AvgIpc) is 3.19. The predicted octanol–water partition coefficient (Wildman–Crippen LogP) is 4.75. The first-order valence-electron chi connectivity index (χ1n) is 7.04. The van der Waals surface area contributed by atoms with Crippen molar-refractivity contribution in [3.8, 4) is 17.2 Å². The van der Waals surface area contributed by atoms with Crippen molar-refractivity contribution in [2.45, 2.75) is 13.8 Å². The van der Waals surface area contributed by atoms with Gasteiger partial charge in [-0.05, 0) is 37.1 Å². The molecular formula is C18H14N2O2S. The normalized spacial score (nSPS) is 10.3. The Morgan fingerprint density at radius 3 is 2.78 bits per heavy atom. The first-order chi connectivity index (χ1) is 11.1. The second-order valence-electron chi connectivity index (χ2n) is 5.22. The van der Waals surface area contributed by atoms with E-state index >= 15 is 0 Å². The van der Waals surface area contributed by atoms with E-state index in [0.717, 1.165) is 22.3 Å². The Morgan fingerprint density at radius 2 is 2.09 bits per heavy atom. The number of nitriles is 1. The molecule has 0 fully saturated rings. The number of carbonyl (C=O) groups is 1. The van der Waals surface area contributed by atoms with Gasteiger partial charge in [0, 0.05) is 10.9 Å². The maximum Gasteiger partial charge on any atom is 0.291 e. The van der Waals surface area contributed by atoms with Gasteiger partial charge in [0.05, 0.1) is 11.8 Å². The maximum absolute atomic E-state index is 12.1. The molecule has 0 aliphatic heterocycles. The average molecular weight is 322 g/mol. The van der Waals surface area contributed by atoms with Gasteiger partial charge in [-0.3, -0.25) is 4.79 Å². The number of hydrogen-bond donors (Lipinski definition) is 1. The van der Waals surface area contributed by atoms with Crippen LogP contribution < -0.4 is 5.32 Å². The quantitative estimate of drug-likeness (QED) is 0.756. The summed E-state index contributed by atoms with van der Waals surface area (Å²) in [5.41, 5.74) is 4.55. The molecule has 1 N–H and O–H groups in total. The van der Waals surface area contributed by atoms with E-state index in [-0.39, 0.29) is 11.7 Å². The lowest BCUT2D eigenvalue weighted by atomic mass is 9.98. The third-order valence-corrected chi connectivity index (χ3v) is 4.45. The highest BCUT2D eigenvalue weighted by Gasteiger charge is 2.18. The van der Waals surface area contributed by atoms with E-state index in [0.29, 0.717) is 10.6 Å². The number of carbonyl (C=O) groups excluding carboxylic acids is 1. The zero-order valence-electron chi connectivity index (χ0n) is 12.7. The van der Waals surface area contributed by atoms with Crippen molar-refractivity contribution in [2.24, 2.45) is 0 Å². The monoisotopic (exact) mass is 322 g/mol. The van der Waals surface area contributed by atoms with E-state index in [1.807, 2.05) is 31.4 Å². The Morgan fingerprint density at radius 1 is 1.26 bits per heavy atom. The summed E-state index contributed by atoms with van der Waals surface area (Å²) in [6, 6.07) is 11.6.